The van der Waals surface area contributed by atoms with Crippen molar-refractivity contribution in [1.82, 2.24) is 20.8 Å². The molecule has 0 bridgehead atoms. The number of nitrogens with zero attached hydrogens (tertiary/aromatic N) is 2. The van der Waals surface area contributed by atoms with Crippen molar-refractivity contribution in [2.75, 3.05) is 0 Å². The van der Waals surface area contributed by atoms with Crippen LogP contribution < -0.4 is 10.6 Å². The normalized spacial score (nSPS) is 12.3. The molecule has 0 aliphatic rings. The van der Waals surface area contributed by atoms with Crippen molar-refractivity contribution in [3.05, 3.63) is 68.1 Å². The predicted octanol–water partition coefficient (Wildman–Crippen LogP) is 4.16. The first kappa shape index (κ1) is 19.6. The first-order valence-corrected chi connectivity index (χ1v) is 10.3. The van der Waals surface area contributed by atoms with E-state index in [-0.39, 0.29) is 17.8 Å². The third-order valence-electron chi connectivity index (χ3n) is 4.02. The SMILES string of the molecule is CC(C)[C@@H](NCc1nnc(C(=O)NCc2ccc(F)cc2)s1)c1cccs1. The van der Waals surface area contributed by atoms with E-state index in [1.165, 1.54) is 28.3 Å². The molecule has 1 atom stereocenters. The van der Waals surface area contributed by atoms with E-state index in [4.69, 9.17) is 0 Å². The topological polar surface area (TPSA) is 66.9 Å². The lowest BCUT2D eigenvalue weighted by atomic mass is 10.0. The predicted molar refractivity (Wildman–Crippen MR) is 106 cm³/mol. The van der Waals surface area contributed by atoms with E-state index < -0.39 is 0 Å². The smallest absolute Gasteiger partial charge is 0.282 e. The maximum Gasteiger partial charge on any atom is 0.282 e. The maximum atomic E-state index is 12.9. The summed E-state index contributed by atoms with van der Waals surface area (Å²) in [6, 6.07) is 10.4. The quantitative estimate of drug-likeness (QED) is 0.592. The third kappa shape index (κ3) is 5.41. The summed E-state index contributed by atoms with van der Waals surface area (Å²) >= 11 is 3.00. The number of amides is 1. The molecule has 0 unspecified atom stereocenters. The van der Waals surface area contributed by atoms with Crippen molar-refractivity contribution in [2.45, 2.75) is 33.0 Å². The first-order chi connectivity index (χ1) is 13.0. The zero-order valence-electron chi connectivity index (χ0n) is 15.1. The van der Waals surface area contributed by atoms with Crippen molar-refractivity contribution in [3.63, 3.8) is 0 Å². The second-order valence-corrected chi connectivity index (χ2v) is 8.47. The van der Waals surface area contributed by atoms with Gasteiger partial charge in [0.1, 0.15) is 10.8 Å². The van der Waals surface area contributed by atoms with Gasteiger partial charge in [-0.1, -0.05) is 43.4 Å². The van der Waals surface area contributed by atoms with Gasteiger partial charge < -0.3 is 10.6 Å². The number of thiophene rings is 1. The molecule has 2 aromatic heterocycles. The van der Waals surface area contributed by atoms with Gasteiger partial charge in [0.15, 0.2) is 0 Å². The number of benzene rings is 1. The average molecular weight is 405 g/mol. The molecule has 142 valence electrons. The molecule has 0 saturated heterocycles. The molecule has 1 aromatic carbocycles. The van der Waals surface area contributed by atoms with Crippen LogP contribution in [0.2, 0.25) is 0 Å². The number of hydrogen-bond acceptors (Lipinski definition) is 6. The van der Waals surface area contributed by atoms with E-state index in [1.54, 1.807) is 23.5 Å². The molecule has 0 aliphatic heterocycles. The number of hydrogen-bond donors (Lipinski definition) is 2. The Morgan fingerprint density at radius 2 is 1.93 bits per heavy atom. The highest BCUT2D eigenvalue weighted by molar-refractivity contribution is 7.13. The Morgan fingerprint density at radius 3 is 2.59 bits per heavy atom. The average Bonchev–Trinajstić information content (AvgIpc) is 3.33. The lowest BCUT2D eigenvalue weighted by Crippen LogP contribution is -2.24. The van der Waals surface area contributed by atoms with Gasteiger partial charge in [-0.15, -0.1) is 21.5 Å². The number of aromatic nitrogens is 2. The summed E-state index contributed by atoms with van der Waals surface area (Å²) in [5.74, 6) is -0.134. The minimum absolute atomic E-state index is 0.240. The fourth-order valence-corrected chi connectivity index (χ4v) is 4.29. The van der Waals surface area contributed by atoms with E-state index in [2.05, 4.69) is 46.1 Å². The minimum atomic E-state index is -0.298. The fraction of sp³-hybridized carbons (Fsp3) is 0.316. The monoisotopic (exact) mass is 404 g/mol. The molecule has 2 heterocycles. The summed E-state index contributed by atoms with van der Waals surface area (Å²) in [5, 5.41) is 17.6. The van der Waals surface area contributed by atoms with Gasteiger partial charge in [0.05, 0.1) is 6.54 Å². The minimum Gasteiger partial charge on any atom is -0.346 e. The van der Waals surface area contributed by atoms with Gasteiger partial charge in [-0.2, -0.15) is 0 Å². The van der Waals surface area contributed by atoms with Crippen LogP contribution in [0.15, 0.2) is 41.8 Å². The van der Waals surface area contributed by atoms with Crippen molar-refractivity contribution < 1.29 is 9.18 Å². The maximum absolute atomic E-state index is 12.9. The highest BCUT2D eigenvalue weighted by atomic mass is 32.1. The fourth-order valence-electron chi connectivity index (χ4n) is 2.61. The van der Waals surface area contributed by atoms with Gasteiger partial charge >= 0.3 is 0 Å². The van der Waals surface area contributed by atoms with Crippen LogP contribution in [0.5, 0.6) is 0 Å². The van der Waals surface area contributed by atoms with Crippen molar-refractivity contribution in [2.24, 2.45) is 5.92 Å². The standard InChI is InChI=1S/C19H21FN4OS2/c1-12(2)17(15-4-3-9-26-15)21-11-16-23-24-19(27-16)18(25)22-10-13-5-7-14(20)8-6-13/h3-9,12,17,21H,10-11H2,1-2H3,(H,22,25)/t17-/m1/s1. The number of carbonyl (C=O) groups is 1. The molecule has 5 nitrogen and oxygen atoms in total. The highest BCUT2D eigenvalue weighted by Gasteiger charge is 2.18. The Balaban J connectivity index is 1.54. The second kappa shape index (κ2) is 9.16. The van der Waals surface area contributed by atoms with Crippen LogP contribution in [-0.4, -0.2) is 16.1 Å². The largest absolute Gasteiger partial charge is 0.346 e. The molecule has 3 aromatic rings. The van der Waals surface area contributed by atoms with Gasteiger partial charge in [0.2, 0.25) is 5.01 Å². The molecule has 2 N–H and O–H groups in total. The first-order valence-electron chi connectivity index (χ1n) is 8.64. The summed E-state index contributed by atoms with van der Waals surface area (Å²) in [4.78, 5) is 13.5. The summed E-state index contributed by atoms with van der Waals surface area (Å²) in [6.45, 7) is 5.22. The van der Waals surface area contributed by atoms with E-state index in [9.17, 15) is 9.18 Å². The van der Waals surface area contributed by atoms with Gasteiger partial charge in [-0.3, -0.25) is 4.79 Å². The number of carbonyl (C=O) groups excluding carboxylic acids is 1. The van der Waals surface area contributed by atoms with Crippen LogP contribution in [0.3, 0.4) is 0 Å². The van der Waals surface area contributed by atoms with Crippen molar-refractivity contribution in [1.29, 1.82) is 0 Å². The van der Waals surface area contributed by atoms with Crippen molar-refractivity contribution in [3.8, 4) is 0 Å². The molecule has 27 heavy (non-hydrogen) atoms. The molecular weight excluding hydrogens is 383 g/mol. The van der Waals surface area contributed by atoms with Crippen LogP contribution in [0, 0.1) is 11.7 Å². The second-order valence-electron chi connectivity index (χ2n) is 6.43. The third-order valence-corrected chi connectivity index (χ3v) is 5.89. The molecule has 0 aliphatic carbocycles. The Morgan fingerprint density at radius 1 is 1.15 bits per heavy atom. The van der Waals surface area contributed by atoms with Crippen LogP contribution in [0.25, 0.3) is 0 Å². The molecule has 0 radical (unpaired) electrons. The van der Waals surface area contributed by atoms with Crippen LogP contribution in [0.4, 0.5) is 4.39 Å². The molecule has 0 spiro atoms. The molecule has 0 saturated carbocycles. The molecule has 3 rings (SSSR count). The summed E-state index contributed by atoms with van der Waals surface area (Å²) < 4.78 is 12.9. The lowest BCUT2D eigenvalue weighted by molar-refractivity contribution is 0.0950. The summed E-state index contributed by atoms with van der Waals surface area (Å²) in [5.41, 5.74) is 0.826. The Kier molecular flexibility index (Phi) is 6.65. The number of halogens is 1. The Hall–Kier alpha value is -2.16. The zero-order chi connectivity index (χ0) is 19.2. The number of rotatable bonds is 8. The highest BCUT2D eigenvalue weighted by Crippen LogP contribution is 2.26. The molecule has 8 heteroatoms. The Labute approximate surface area is 165 Å². The molecule has 0 fully saturated rings. The van der Waals surface area contributed by atoms with E-state index >= 15 is 0 Å². The summed E-state index contributed by atoms with van der Waals surface area (Å²) in [6.07, 6.45) is 0. The summed E-state index contributed by atoms with van der Waals surface area (Å²) in [7, 11) is 0. The zero-order valence-corrected chi connectivity index (χ0v) is 16.7. The van der Waals surface area contributed by atoms with Gasteiger partial charge in [-0.05, 0) is 35.1 Å². The van der Waals surface area contributed by atoms with Gasteiger partial charge in [0.25, 0.3) is 5.91 Å². The van der Waals surface area contributed by atoms with Gasteiger partial charge in [0, 0.05) is 17.5 Å². The van der Waals surface area contributed by atoms with Crippen LogP contribution >= 0.6 is 22.7 Å². The van der Waals surface area contributed by atoms with Crippen LogP contribution in [0.1, 0.15) is 45.1 Å². The van der Waals surface area contributed by atoms with Gasteiger partial charge in [-0.25, -0.2) is 4.39 Å². The van der Waals surface area contributed by atoms with E-state index in [1.807, 2.05) is 6.07 Å². The van der Waals surface area contributed by atoms with Crippen LogP contribution in [-0.2, 0) is 13.1 Å². The van der Waals surface area contributed by atoms with Crippen molar-refractivity contribution >= 4 is 28.6 Å². The van der Waals surface area contributed by atoms with E-state index in [0.29, 0.717) is 24.0 Å². The molecular formula is C19H21FN4OS2. The molecule has 1 amide bonds. The Bertz CT molecular complexity index is 862. The number of nitrogens with one attached hydrogen (secondary N) is 2. The lowest BCUT2D eigenvalue weighted by Gasteiger charge is -2.20. The van der Waals surface area contributed by atoms with E-state index in [0.717, 1.165) is 10.6 Å².